The number of benzene rings is 3. The summed E-state index contributed by atoms with van der Waals surface area (Å²) in [6.45, 7) is 8.29. The minimum absolute atomic E-state index is 0.0883. The maximum atomic E-state index is 15.0. The van der Waals surface area contributed by atoms with Crippen molar-refractivity contribution in [3.63, 3.8) is 0 Å². The van der Waals surface area contributed by atoms with E-state index in [1.807, 2.05) is 32.9 Å². The molecule has 2 unspecified atom stereocenters. The van der Waals surface area contributed by atoms with Crippen LogP contribution in [0.1, 0.15) is 46.7 Å². The van der Waals surface area contributed by atoms with E-state index in [-0.39, 0.29) is 17.5 Å². The van der Waals surface area contributed by atoms with Crippen LogP contribution in [0.15, 0.2) is 60.8 Å². The molecule has 45 heavy (non-hydrogen) atoms. The first-order chi connectivity index (χ1) is 21.5. The van der Waals surface area contributed by atoms with E-state index in [0.717, 1.165) is 53.1 Å². The number of likely N-dealkylation sites (tertiary alicyclic amines) is 1. The molecule has 2 heterocycles. The Hall–Kier alpha value is -3.92. The van der Waals surface area contributed by atoms with Crippen LogP contribution in [0.4, 0.5) is 26.6 Å². The lowest BCUT2D eigenvalue weighted by atomic mass is 9.89. The fourth-order valence-electron chi connectivity index (χ4n) is 6.10. The van der Waals surface area contributed by atoms with Crippen LogP contribution in [0.2, 0.25) is 10.0 Å². The number of aryl methyl sites for hydroxylation is 3. The summed E-state index contributed by atoms with van der Waals surface area (Å²) in [6, 6.07) is 14.1. The number of aromatic nitrogens is 2. The zero-order valence-corrected chi connectivity index (χ0v) is 27.2. The standard InChI is InChI=1S/C34H36Cl2FN5O3/c1-20-14-21(2)31(22(3)15-20)32(26-16-24(35)7-9-27(26)36)42(34(43)44)30-11-12-38-33(40-30)39-25-8-10-29(28(37)17-25)45-19-23-6-5-13-41(4)18-23/h7-12,14-17,23,32H,5-6,13,18-19H2,1-4H3,(H,43,44)(H,38,39,40). The van der Waals surface area contributed by atoms with Gasteiger partial charge in [-0.3, -0.25) is 0 Å². The van der Waals surface area contributed by atoms with E-state index in [9.17, 15) is 9.90 Å². The van der Waals surface area contributed by atoms with Crippen LogP contribution < -0.4 is 15.0 Å². The van der Waals surface area contributed by atoms with E-state index in [2.05, 4.69) is 27.2 Å². The maximum Gasteiger partial charge on any atom is 0.413 e. The first-order valence-corrected chi connectivity index (χ1v) is 15.5. The smallest absolute Gasteiger partial charge is 0.413 e. The van der Waals surface area contributed by atoms with E-state index in [0.29, 0.717) is 33.8 Å². The Morgan fingerprint density at radius 2 is 1.89 bits per heavy atom. The Bertz CT molecular complexity index is 1680. The molecule has 8 nitrogen and oxygen atoms in total. The second-order valence-corrected chi connectivity index (χ2v) is 12.5. The first-order valence-electron chi connectivity index (χ1n) is 14.8. The lowest BCUT2D eigenvalue weighted by Gasteiger charge is -2.32. The van der Waals surface area contributed by atoms with Gasteiger partial charge < -0.3 is 20.1 Å². The summed E-state index contributed by atoms with van der Waals surface area (Å²) in [6.07, 6.45) is 2.35. The Morgan fingerprint density at radius 1 is 1.13 bits per heavy atom. The molecule has 1 amide bonds. The van der Waals surface area contributed by atoms with Crippen LogP contribution in [-0.4, -0.2) is 52.8 Å². The molecular weight excluding hydrogens is 616 g/mol. The van der Waals surface area contributed by atoms with Gasteiger partial charge in [-0.1, -0.05) is 40.9 Å². The third-order valence-electron chi connectivity index (χ3n) is 8.00. The van der Waals surface area contributed by atoms with Gasteiger partial charge in [0.25, 0.3) is 0 Å². The van der Waals surface area contributed by atoms with Gasteiger partial charge in [0, 0.05) is 40.5 Å². The van der Waals surface area contributed by atoms with E-state index in [1.165, 1.54) is 18.3 Å². The average molecular weight is 653 g/mol. The molecule has 0 aliphatic carbocycles. The normalized spacial score (nSPS) is 15.8. The molecule has 5 rings (SSSR count). The van der Waals surface area contributed by atoms with Crippen molar-refractivity contribution in [2.45, 2.75) is 39.7 Å². The Morgan fingerprint density at radius 3 is 2.58 bits per heavy atom. The lowest BCUT2D eigenvalue weighted by Crippen LogP contribution is -2.36. The van der Waals surface area contributed by atoms with Gasteiger partial charge >= 0.3 is 6.09 Å². The van der Waals surface area contributed by atoms with E-state index >= 15 is 4.39 Å². The topological polar surface area (TPSA) is 90.8 Å². The highest BCUT2D eigenvalue weighted by atomic mass is 35.5. The molecule has 1 aromatic heterocycles. The van der Waals surface area contributed by atoms with Crippen molar-refractivity contribution in [3.05, 3.63) is 104 Å². The molecule has 0 spiro atoms. The second-order valence-electron chi connectivity index (χ2n) is 11.6. The van der Waals surface area contributed by atoms with Crippen LogP contribution in [0.5, 0.6) is 5.75 Å². The quantitative estimate of drug-likeness (QED) is 0.187. The number of hydrogen-bond acceptors (Lipinski definition) is 6. The first kappa shape index (κ1) is 32.5. The van der Waals surface area contributed by atoms with Crippen LogP contribution in [0.3, 0.4) is 0 Å². The molecular formula is C34H36Cl2FN5O3. The summed E-state index contributed by atoms with van der Waals surface area (Å²) in [7, 11) is 2.08. The highest BCUT2D eigenvalue weighted by Gasteiger charge is 2.33. The largest absolute Gasteiger partial charge is 0.490 e. The van der Waals surface area contributed by atoms with Gasteiger partial charge in [0.1, 0.15) is 5.82 Å². The Kier molecular flexibility index (Phi) is 10.1. The van der Waals surface area contributed by atoms with Crippen molar-refractivity contribution in [2.24, 2.45) is 5.92 Å². The minimum atomic E-state index is -1.25. The number of anilines is 3. The summed E-state index contributed by atoms with van der Waals surface area (Å²) < 4.78 is 20.8. The molecule has 4 aromatic rings. The summed E-state index contributed by atoms with van der Waals surface area (Å²) >= 11 is 13.1. The highest BCUT2D eigenvalue weighted by Crippen LogP contribution is 2.40. The number of nitrogens with zero attached hydrogens (tertiary/aromatic N) is 4. The fourth-order valence-corrected chi connectivity index (χ4v) is 6.50. The number of carbonyl (C=O) groups is 1. The number of piperidine rings is 1. The monoisotopic (exact) mass is 651 g/mol. The predicted molar refractivity (Wildman–Crippen MR) is 177 cm³/mol. The van der Waals surface area contributed by atoms with Crippen molar-refractivity contribution in [3.8, 4) is 5.75 Å². The van der Waals surface area contributed by atoms with Gasteiger partial charge in [0.15, 0.2) is 11.6 Å². The lowest BCUT2D eigenvalue weighted by molar-refractivity contribution is 0.147. The average Bonchev–Trinajstić information content (AvgIpc) is 2.97. The van der Waals surface area contributed by atoms with E-state index in [1.54, 1.807) is 30.3 Å². The predicted octanol–water partition coefficient (Wildman–Crippen LogP) is 8.59. The van der Waals surface area contributed by atoms with E-state index < -0.39 is 18.0 Å². The molecule has 11 heteroatoms. The van der Waals surface area contributed by atoms with Crippen LogP contribution >= 0.6 is 23.2 Å². The summed E-state index contributed by atoms with van der Waals surface area (Å²) in [5.74, 6) is 0.190. The van der Waals surface area contributed by atoms with Gasteiger partial charge in [-0.2, -0.15) is 4.98 Å². The van der Waals surface area contributed by atoms with Crippen LogP contribution in [-0.2, 0) is 0 Å². The number of halogens is 3. The van der Waals surface area contributed by atoms with Gasteiger partial charge in [-0.15, -0.1) is 0 Å². The van der Waals surface area contributed by atoms with Crippen LogP contribution in [0, 0.1) is 32.5 Å². The molecule has 1 aliphatic rings. The zero-order chi connectivity index (χ0) is 32.2. The third-order valence-corrected chi connectivity index (χ3v) is 8.58. The number of hydrogen-bond donors (Lipinski definition) is 2. The minimum Gasteiger partial charge on any atom is -0.490 e. The van der Waals surface area contributed by atoms with Crippen molar-refractivity contribution in [1.82, 2.24) is 14.9 Å². The van der Waals surface area contributed by atoms with Gasteiger partial charge in [-0.05, 0) is 106 Å². The number of carboxylic acid groups (broad SMARTS) is 1. The highest BCUT2D eigenvalue weighted by molar-refractivity contribution is 6.33. The summed E-state index contributed by atoms with van der Waals surface area (Å²) in [4.78, 5) is 25.2. The molecule has 3 aromatic carbocycles. The maximum absolute atomic E-state index is 15.0. The van der Waals surface area contributed by atoms with Crippen molar-refractivity contribution in [2.75, 3.05) is 37.0 Å². The molecule has 236 valence electrons. The number of rotatable bonds is 9. The van der Waals surface area contributed by atoms with Gasteiger partial charge in [-0.25, -0.2) is 19.1 Å². The third kappa shape index (κ3) is 7.66. The van der Waals surface area contributed by atoms with Crippen molar-refractivity contribution in [1.29, 1.82) is 0 Å². The van der Waals surface area contributed by atoms with E-state index in [4.69, 9.17) is 27.9 Å². The number of amides is 1. The summed E-state index contributed by atoms with van der Waals surface area (Å²) in [5, 5.41) is 14.4. The second kappa shape index (κ2) is 14.0. The molecule has 1 aliphatic heterocycles. The number of nitrogens with one attached hydrogen (secondary N) is 1. The van der Waals surface area contributed by atoms with Crippen molar-refractivity contribution < 1.29 is 19.0 Å². The molecule has 0 saturated carbocycles. The van der Waals surface area contributed by atoms with Crippen molar-refractivity contribution >= 4 is 46.7 Å². The Balaban J connectivity index is 1.45. The van der Waals surface area contributed by atoms with Crippen LogP contribution in [0.25, 0.3) is 0 Å². The molecule has 0 bridgehead atoms. The molecule has 0 radical (unpaired) electrons. The van der Waals surface area contributed by atoms with Gasteiger partial charge in [0.2, 0.25) is 5.95 Å². The fraction of sp³-hybridized carbons (Fsp3) is 0.324. The summed E-state index contributed by atoms with van der Waals surface area (Å²) in [5.41, 5.74) is 4.48. The Labute approximate surface area is 272 Å². The molecule has 2 N–H and O–H groups in total. The zero-order valence-electron chi connectivity index (χ0n) is 25.7. The SMILES string of the molecule is Cc1cc(C)c(C(c2cc(Cl)ccc2Cl)N(C(=O)O)c2ccnc(Nc3ccc(OCC4CCCN(C)C4)c(F)c3)n2)c(C)c1. The molecule has 2 atom stereocenters. The molecule has 1 saturated heterocycles. The van der Waals surface area contributed by atoms with Gasteiger partial charge in [0.05, 0.1) is 12.6 Å². The molecule has 1 fully saturated rings. The number of ether oxygens (including phenoxy) is 1.